The van der Waals surface area contributed by atoms with E-state index in [4.69, 9.17) is 10.4 Å². The number of nitriles is 1. The molecule has 0 bridgehead atoms. The van der Waals surface area contributed by atoms with Crippen molar-refractivity contribution in [1.29, 1.82) is 5.26 Å². The highest BCUT2D eigenvalue weighted by molar-refractivity contribution is 5.32. The molecule has 22 heavy (non-hydrogen) atoms. The van der Waals surface area contributed by atoms with E-state index < -0.39 is 0 Å². The molecule has 120 valence electrons. The van der Waals surface area contributed by atoms with E-state index in [1.165, 1.54) is 6.07 Å². The molecule has 0 saturated carbocycles. The van der Waals surface area contributed by atoms with Crippen molar-refractivity contribution in [3.05, 3.63) is 35.1 Å². The zero-order chi connectivity index (χ0) is 15.9. The third-order valence-electron chi connectivity index (χ3n) is 4.43. The van der Waals surface area contributed by atoms with Crippen molar-refractivity contribution < 1.29 is 9.50 Å². The summed E-state index contributed by atoms with van der Waals surface area (Å²) in [5.74, 6) is -0.291. The van der Waals surface area contributed by atoms with Gasteiger partial charge in [0.2, 0.25) is 0 Å². The smallest absolute Gasteiger partial charge is 0.129 e. The number of aliphatic hydroxyl groups is 1. The molecule has 0 aliphatic carbocycles. The molecule has 1 heterocycles. The van der Waals surface area contributed by atoms with Crippen LogP contribution in [-0.4, -0.2) is 54.2 Å². The maximum absolute atomic E-state index is 13.9. The summed E-state index contributed by atoms with van der Waals surface area (Å²) in [6, 6.07) is 7.21. The Kier molecular flexibility index (Phi) is 6.32. The first-order valence-corrected chi connectivity index (χ1v) is 7.86. The van der Waals surface area contributed by atoms with E-state index in [0.717, 1.165) is 38.9 Å². The van der Waals surface area contributed by atoms with Crippen LogP contribution in [0.4, 0.5) is 4.39 Å². The van der Waals surface area contributed by atoms with Gasteiger partial charge in [0.25, 0.3) is 0 Å². The minimum Gasteiger partial charge on any atom is -0.396 e. The highest BCUT2D eigenvalue weighted by Crippen LogP contribution is 2.19. The Balaban J connectivity index is 1.84. The molecular weight excluding hydrogens is 281 g/mol. The van der Waals surface area contributed by atoms with E-state index in [9.17, 15) is 4.39 Å². The van der Waals surface area contributed by atoms with Gasteiger partial charge < -0.3 is 10.0 Å². The molecule has 0 radical (unpaired) electrons. The zero-order valence-electron chi connectivity index (χ0n) is 13.1. The quantitative estimate of drug-likeness (QED) is 0.873. The number of rotatable bonds is 6. The third kappa shape index (κ3) is 4.51. The van der Waals surface area contributed by atoms with Crippen LogP contribution in [0.3, 0.4) is 0 Å². The Morgan fingerprint density at radius 3 is 2.73 bits per heavy atom. The largest absolute Gasteiger partial charge is 0.396 e. The predicted octanol–water partition coefficient (Wildman–Crippen LogP) is 1.98. The van der Waals surface area contributed by atoms with E-state index in [1.54, 1.807) is 12.1 Å². The minimum absolute atomic E-state index is 0.237. The first-order chi connectivity index (χ1) is 10.6. The molecule has 1 fully saturated rings. The Labute approximate surface area is 131 Å². The molecule has 1 aromatic rings. The topological polar surface area (TPSA) is 50.5 Å². The summed E-state index contributed by atoms with van der Waals surface area (Å²) in [7, 11) is 2.11. The summed E-state index contributed by atoms with van der Waals surface area (Å²) in [4.78, 5) is 4.58. The van der Waals surface area contributed by atoms with Crippen LogP contribution in [0.2, 0.25) is 0 Å². The highest BCUT2D eigenvalue weighted by atomic mass is 19.1. The molecule has 4 nitrogen and oxygen atoms in total. The first-order valence-electron chi connectivity index (χ1n) is 7.86. The van der Waals surface area contributed by atoms with Gasteiger partial charge in [-0.15, -0.1) is 0 Å². The standard InChI is InChI=1S/C17H24FN3O/c1-20(7-2-10-22)16-5-8-21(9-6-16)13-15-4-3-14(12-19)11-17(15)18/h3-4,11,16,22H,2,5-10,13H2,1H3. The molecule has 2 rings (SSSR count). The van der Waals surface area contributed by atoms with Gasteiger partial charge >= 0.3 is 0 Å². The molecule has 0 amide bonds. The van der Waals surface area contributed by atoms with Gasteiger partial charge in [-0.25, -0.2) is 4.39 Å². The molecule has 1 aliphatic heterocycles. The molecule has 0 aromatic heterocycles. The molecule has 1 saturated heterocycles. The normalized spacial score (nSPS) is 16.9. The summed E-state index contributed by atoms with van der Waals surface area (Å²) in [6.45, 7) is 3.67. The average molecular weight is 305 g/mol. The number of likely N-dealkylation sites (tertiary alicyclic amines) is 1. The van der Waals surface area contributed by atoms with Crippen molar-refractivity contribution in [1.82, 2.24) is 9.80 Å². The Bertz CT molecular complexity index is 521. The molecular formula is C17H24FN3O. The summed E-state index contributed by atoms with van der Waals surface area (Å²) in [5, 5.41) is 17.7. The zero-order valence-corrected chi connectivity index (χ0v) is 13.1. The van der Waals surface area contributed by atoms with Gasteiger partial charge in [0.1, 0.15) is 5.82 Å². The number of hydrogen-bond donors (Lipinski definition) is 1. The Morgan fingerprint density at radius 2 is 2.14 bits per heavy atom. The van der Waals surface area contributed by atoms with Crippen molar-refractivity contribution in [3.8, 4) is 6.07 Å². The van der Waals surface area contributed by atoms with Crippen LogP contribution in [0.5, 0.6) is 0 Å². The van der Waals surface area contributed by atoms with Gasteiger partial charge in [-0.2, -0.15) is 5.26 Å². The van der Waals surface area contributed by atoms with Crippen LogP contribution in [0, 0.1) is 17.1 Å². The second-order valence-corrected chi connectivity index (χ2v) is 5.98. The van der Waals surface area contributed by atoms with Crippen molar-refractivity contribution in [3.63, 3.8) is 0 Å². The fraction of sp³-hybridized carbons (Fsp3) is 0.588. The van der Waals surface area contributed by atoms with Crippen LogP contribution in [-0.2, 0) is 6.54 Å². The number of nitrogens with zero attached hydrogens (tertiary/aromatic N) is 3. The lowest BCUT2D eigenvalue weighted by molar-refractivity contribution is 0.117. The lowest BCUT2D eigenvalue weighted by Crippen LogP contribution is -2.43. The molecule has 1 N–H and O–H groups in total. The number of hydrogen-bond acceptors (Lipinski definition) is 4. The number of aliphatic hydroxyl groups excluding tert-OH is 1. The minimum atomic E-state index is -0.291. The number of benzene rings is 1. The van der Waals surface area contributed by atoms with Crippen LogP contribution in [0.25, 0.3) is 0 Å². The SMILES string of the molecule is CN(CCCO)C1CCN(Cc2ccc(C#N)cc2F)CC1. The fourth-order valence-electron chi connectivity index (χ4n) is 3.01. The van der Waals surface area contributed by atoms with Crippen molar-refractivity contribution in [2.75, 3.05) is 33.3 Å². The fourth-order valence-corrected chi connectivity index (χ4v) is 3.01. The van der Waals surface area contributed by atoms with Crippen LogP contribution >= 0.6 is 0 Å². The molecule has 5 heteroatoms. The van der Waals surface area contributed by atoms with E-state index in [1.807, 2.05) is 6.07 Å². The summed E-state index contributed by atoms with van der Waals surface area (Å²) < 4.78 is 13.9. The van der Waals surface area contributed by atoms with E-state index >= 15 is 0 Å². The van der Waals surface area contributed by atoms with Crippen LogP contribution in [0.15, 0.2) is 18.2 Å². The Morgan fingerprint density at radius 1 is 1.41 bits per heavy atom. The predicted molar refractivity (Wildman–Crippen MR) is 83.7 cm³/mol. The summed E-state index contributed by atoms with van der Waals surface area (Å²) in [5.41, 5.74) is 1.02. The number of halogens is 1. The molecule has 1 aliphatic rings. The number of piperidine rings is 1. The average Bonchev–Trinajstić information content (AvgIpc) is 2.55. The van der Waals surface area contributed by atoms with Gasteiger partial charge in [0, 0.05) is 31.3 Å². The maximum Gasteiger partial charge on any atom is 0.129 e. The second kappa shape index (κ2) is 8.23. The van der Waals surface area contributed by atoms with Crippen molar-refractivity contribution >= 4 is 0 Å². The third-order valence-corrected chi connectivity index (χ3v) is 4.43. The summed E-state index contributed by atoms with van der Waals surface area (Å²) >= 11 is 0. The first kappa shape index (κ1) is 16.9. The maximum atomic E-state index is 13.9. The van der Waals surface area contributed by atoms with Gasteiger partial charge in [-0.3, -0.25) is 4.90 Å². The summed E-state index contributed by atoms with van der Waals surface area (Å²) in [6.07, 6.45) is 2.95. The molecule has 0 unspecified atom stereocenters. The highest BCUT2D eigenvalue weighted by Gasteiger charge is 2.22. The molecule has 1 aromatic carbocycles. The van der Waals surface area contributed by atoms with E-state index in [0.29, 0.717) is 23.7 Å². The molecule has 0 atom stereocenters. The molecule has 0 spiro atoms. The van der Waals surface area contributed by atoms with Gasteiger partial charge in [-0.1, -0.05) is 6.07 Å². The second-order valence-electron chi connectivity index (χ2n) is 5.98. The Hall–Kier alpha value is -1.48. The van der Waals surface area contributed by atoms with Crippen LogP contribution in [0.1, 0.15) is 30.4 Å². The van der Waals surface area contributed by atoms with Gasteiger partial charge in [0.05, 0.1) is 11.6 Å². The van der Waals surface area contributed by atoms with E-state index in [2.05, 4.69) is 16.8 Å². The van der Waals surface area contributed by atoms with Crippen molar-refractivity contribution in [2.24, 2.45) is 0 Å². The lowest BCUT2D eigenvalue weighted by Gasteiger charge is -2.36. The van der Waals surface area contributed by atoms with Gasteiger partial charge in [0.15, 0.2) is 0 Å². The lowest BCUT2D eigenvalue weighted by atomic mass is 10.0. The monoisotopic (exact) mass is 305 g/mol. The van der Waals surface area contributed by atoms with Crippen molar-refractivity contribution in [2.45, 2.75) is 31.8 Å². The van der Waals surface area contributed by atoms with E-state index in [-0.39, 0.29) is 12.4 Å². The van der Waals surface area contributed by atoms with Crippen LogP contribution < -0.4 is 0 Å². The van der Waals surface area contributed by atoms with Gasteiger partial charge in [-0.05, 0) is 51.5 Å².